The minimum Gasteiger partial charge on any atom is -0.446 e. The van der Waals surface area contributed by atoms with Gasteiger partial charge in [0.15, 0.2) is 0 Å². The fourth-order valence-corrected chi connectivity index (χ4v) is 3.09. The molecule has 1 aromatic heterocycles. The number of aliphatic hydroxyl groups excluding tert-OH is 1. The van der Waals surface area contributed by atoms with Gasteiger partial charge in [0.25, 0.3) is 10.0 Å². The topological polar surface area (TPSA) is 70.8 Å². The van der Waals surface area contributed by atoms with Crippen molar-refractivity contribution < 1.29 is 17.9 Å². The zero-order chi connectivity index (χ0) is 13.9. The molecule has 0 saturated heterocycles. The quantitative estimate of drug-likeness (QED) is 0.859. The predicted octanol–water partition coefficient (Wildman–Crippen LogP) is 1.83. The van der Waals surface area contributed by atoms with Gasteiger partial charge >= 0.3 is 0 Å². The summed E-state index contributed by atoms with van der Waals surface area (Å²) < 4.78 is 30.9. The smallest absolute Gasteiger partial charge is 0.276 e. The van der Waals surface area contributed by atoms with Gasteiger partial charge in [-0.2, -0.15) is 4.31 Å². The van der Waals surface area contributed by atoms with Gasteiger partial charge < -0.3 is 9.52 Å². The molecule has 0 radical (unpaired) electrons. The van der Waals surface area contributed by atoms with Crippen LogP contribution in [0.25, 0.3) is 0 Å². The molecule has 1 unspecified atom stereocenters. The van der Waals surface area contributed by atoms with Crippen LogP contribution in [0, 0.1) is 5.92 Å². The van der Waals surface area contributed by atoms with E-state index in [1.54, 1.807) is 7.05 Å². The fourth-order valence-electron chi connectivity index (χ4n) is 1.79. The average molecular weight is 275 g/mol. The normalized spacial score (nSPS) is 14.4. The maximum Gasteiger partial charge on any atom is 0.276 e. The van der Waals surface area contributed by atoms with Crippen LogP contribution in [-0.4, -0.2) is 30.9 Å². The molecular weight excluding hydrogens is 254 g/mol. The summed E-state index contributed by atoms with van der Waals surface area (Å²) in [5.74, 6) is 0.667. The van der Waals surface area contributed by atoms with Crippen LogP contribution < -0.4 is 0 Å². The van der Waals surface area contributed by atoms with E-state index >= 15 is 0 Å². The second kappa shape index (κ2) is 5.86. The molecule has 0 amide bonds. The van der Waals surface area contributed by atoms with E-state index in [9.17, 15) is 8.42 Å². The number of rotatable bonds is 6. The molecule has 0 aliphatic heterocycles. The first kappa shape index (κ1) is 15.2. The molecule has 0 aliphatic rings. The van der Waals surface area contributed by atoms with E-state index in [1.807, 2.05) is 20.8 Å². The lowest BCUT2D eigenvalue weighted by Crippen LogP contribution is -2.35. The monoisotopic (exact) mass is 275 g/mol. The van der Waals surface area contributed by atoms with Crippen molar-refractivity contribution in [3.63, 3.8) is 0 Å². The Balaban J connectivity index is 2.92. The Kier molecular flexibility index (Phi) is 4.95. The van der Waals surface area contributed by atoms with Gasteiger partial charge in [-0.25, -0.2) is 8.42 Å². The van der Waals surface area contributed by atoms with E-state index in [0.717, 1.165) is 6.42 Å². The van der Waals surface area contributed by atoms with Gasteiger partial charge in [-0.1, -0.05) is 13.8 Å². The van der Waals surface area contributed by atoms with Crippen LogP contribution in [0.2, 0.25) is 0 Å². The standard InChI is InChI=1S/C12H21NO4S/c1-9(2)7-10(3)13(4)18(15,16)12-6-5-11(8-14)17-12/h5-6,9-10,14H,7-8H2,1-4H3. The molecule has 18 heavy (non-hydrogen) atoms. The predicted molar refractivity (Wildman–Crippen MR) is 68.5 cm³/mol. The minimum absolute atomic E-state index is 0.0994. The fraction of sp³-hybridized carbons (Fsp3) is 0.667. The van der Waals surface area contributed by atoms with Gasteiger partial charge in [-0.05, 0) is 31.4 Å². The van der Waals surface area contributed by atoms with E-state index in [4.69, 9.17) is 9.52 Å². The summed E-state index contributed by atoms with van der Waals surface area (Å²) in [6, 6.07) is 2.74. The van der Waals surface area contributed by atoms with Crippen molar-refractivity contribution in [3.05, 3.63) is 17.9 Å². The maximum absolute atomic E-state index is 12.2. The third-order valence-electron chi connectivity index (χ3n) is 2.86. The summed E-state index contributed by atoms with van der Waals surface area (Å²) in [5.41, 5.74) is 0. The molecule has 0 bridgehead atoms. The number of hydrogen-bond donors (Lipinski definition) is 1. The summed E-state index contributed by atoms with van der Waals surface area (Å²) in [4.78, 5) is 0. The average Bonchev–Trinajstić information content (AvgIpc) is 2.76. The number of hydrogen-bond acceptors (Lipinski definition) is 4. The molecule has 0 saturated carbocycles. The Labute approximate surface area is 108 Å². The van der Waals surface area contributed by atoms with Crippen molar-refractivity contribution in [1.82, 2.24) is 4.31 Å². The van der Waals surface area contributed by atoms with E-state index in [2.05, 4.69) is 0 Å². The third-order valence-corrected chi connectivity index (χ3v) is 4.71. The van der Waals surface area contributed by atoms with Crippen LogP contribution >= 0.6 is 0 Å². The first-order chi connectivity index (χ1) is 8.28. The Morgan fingerprint density at radius 3 is 2.39 bits per heavy atom. The molecule has 5 nitrogen and oxygen atoms in total. The lowest BCUT2D eigenvalue weighted by Gasteiger charge is -2.24. The minimum atomic E-state index is -3.62. The van der Waals surface area contributed by atoms with Gasteiger partial charge in [0.2, 0.25) is 5.09 Å². The summed E-state index contributed by atoms with van der Waals surface area (Å²) in [6.07, 6.45) is 0.781. The SMILES string of the molecule is CC(C)CC(C)N(C)S(=O)(=O)c1ccc(CO)o1. The molecule has 0 aliphatic carbocycles. The van der Waals surface area contributed by atoms with Crippen molar-refractivity contribution in [2.75, 3.05) is 7.05 Å². The number of nitrogens with zero attached hydrogens (tertiary/aromatic N) is 1. The Bertz CT molecular complexity index is 478. The van der Waals surface area contributed by atoms with Gasteiger partial charge in [0.05, 0.1) is 0 Å². The van der Waals surface area contributed by atoms with Gasteiger partial charge in [-0.3, -0.25) is 0 Å². The summed E-state index contributed by atoms with van der Waals surface area (Å²) in [6.45, 7) is 5.66. The first-order valence-electron chi connectivity index (χ1n) is 5.96. The molecule has 1 aromatic rings. The summed E-state index contributed by atoms with van der Waals surface area (Å²) >= 11 is 0. The summed E-state index contributed by atoms with van der Waals surface area (Å²) in [5, 5.41) is 8.76. The van der Waals surface area contributed by atoms with Crippen LogP contribution in [0.4, 0.5) is 0 Å². The Morgan fingerprint density at radius 1 is 1.33 bits per heavy atom. The number of furan rings is 1. The zero-order valence-corrected chi connectivity index (χ0v) is 12.1. The van der Waals surface area contributed by atoms with E-state index in [-0.39, 0.29) is 23.5 Å². The van der Waals surface area contributed by atoms with Crippen LogP contribution in [0.15, 0.2) is 21.6 Å². The van der Waals surface area contributed by atoms with Crippen molar-refractivity contribution in [2.45, 2.75) is 44.9 Å². The molecule has 6 heteroatoms. The Hall–Kier alpha value is -0.850. The molecule has 0 spiro atoms. The zero-order valence-electron chi connectivity index (χ0n) is 11.3. The van der Waals surface area contributed by atoms with Crippen molar-refractivity contribution >= 4 is 10.0 Å². The van der Waals surface area contributed by atoms with E-state index < -0.39 is 10.0 Å². The molecule has 0 fully saturated rings. The maximum atomic E-state index is 12.2. The van der Waals surface area contributed by atoms with Crippen molar-refractivity contribution in [2.24, 2.45) is 5.92 Å². The van der Waals surface area contributed by atoms with Gasteiger partial charge in [0, 0.05) is 13.1 Å². The molecule has 1 atom stereocenters. The molecule has 1 heterocycles. The molecule has 1 N–H and O–H groups in total. The molecule has 0 aromatic carbocycles. The van der Waals surface area contributed by atoms with Crippen molar-refractivity contribution in [1.29, 1.82) is 0 Å². The second-order valence-electron chi connectivity index (χ2n) is 4.88. The van der Waals surface area contributed by atoms with Crippen LogP contribution in [0.5, 0.6) is 0 Å². The second-order valence-corrected chi connectivity index (χ2v) is 6.81. The number of sulfonamides is 1. The first-order valence-corrected chi connectivity index (χ1v) is 7.40. The molecular formula is C12H21NO4S. The summed E-state index contributed by atoms with van der Waals surface area (Å²) in [7, 11) is -2.07. The highest BCUT2D eigenvalue weighted by Crippen LogP contribution is 2.21. The molecule has 104 valence electrons. The van der Waals surface area contributed by atoms with Crippen LogP contribution in [0.1, 0.15) is 33.0 Å². The van der Waals surface area contributed by atoms with Gasteiger partial charge in [0.1, 0.15) is 12.4 Å². The van der Waals surface area contributed by atoms with E-state index in [1.165, 1.54) is 16.4 Å². The van der Waals surface area contributed by atoms with Crippen molar-refractivity contribution in [3.8, 4) is 0 Å². The lowest BCUT2D eigenvalue weighted by molar-refractivity contribution is 0.234. The largest absolute Gasteiger partial charge is 0.446 e. The Morgan fingerprint density at radius 2 is 1.94 bits per heavy atom. The third kappa shape index (κ3) is 3.34. The lowest BCUT2D eigenvalue weighted by atomic mass is 10.1. The number of aliphatic hydroxyl groups is 1. The van der Waals surface area contributed by atoms with Gasteiger partial charge in [-0.15, -0.1) is 0 Å². The highest BCUT2D eigenvalue weighted by Gasteiger charge is 2.28. The van der Waals surface area contributed by atoms with E-state index in [0.29, 0.717) is 5.92 Å². The molecule has 1 rings (SSSR count). The van der Waals surface area contributed by atoms with Crippen LogP contribution in [-0.2, 0) is 16.6 Å². The highest BCUT2D eigenvalue weighted by atomic mass is 32.2. The highest BCUT2D eigenvalue weighted by molar-refractivity contribution is 7.89. The van der Waals surface area contributed by atoms with Crippen LogP contribution in [0.3, 0.4) is 0 Å².